The van der Waals surface area contributed by atoms with Crippen molar-refractivity contribution in [3.8, 4) is 5.69 Å². The van der Waals surface area contributed by atoms with Crippen LogP contribution in [0.1, 0.15) is 45.7 Å². The zero-order chi connectivity index (χ0) is 22.0. The van der Waals surface area contributed by atoms with Gasteiger partial charge in [0.25, 0.3) is 5.91 Å². The van der Waals surface area contributed by atoms with Gasteiger partial charge in [-0.15, -0.1) is 0 Å². The van der Waals surface area contributed by atoms with E-state index in [0.717, 1.165) is 54.1 Å². The van der Waals surface area contributed by atoms with Crippen LogP contribution in [0.25, 0.3) is 5.69 Å². The largest absolute Gasteiger partial charge is 0.339 e. The third kappa shape index (κ3) is 4.38. The minimum Gasteiger partial charge on any atom is -0.339 e. The predicted octanol–water partition coefficient (Wildman–Crippen LogP) is 4.21. The third-order valence-electron chi connectivity index (χ3n) is 5.93. The number of rotatable bonds is 5. The molecule has 3 aromatic rings. The molecule has 0 radical (unpaired) electrons. The number of aryl methyl sites for hydroxylation is 2. The van der Waals surface area contributed by atoms with Crippen molar-refractivity contribution in [1.82, 2.24) is 14.7 Å². The zero-order valence-corrected chi connectivity index (χ0v) is 18.3. The summed E-state index contributed by atoms with van der Waals surface area (Å²) in [6, 6.07) is 15.4. The first-order valence-electron chi connectivity index (χ1n) is 10.7. The number of nitrogens with one attached hydrogen (secondary N) is 1. The Kier molecular flexibility index (Phi) is 5.89. The molecule has 1 aliphatic heterocycles. The molecule has 0 aliphatic carbocycles. The standard InChI is InChI=1S/C25H28N4O2/c1-17-11-12-20(25(31)28-13-7-8-14-28)15-23(17)26-24(30)16-22-18(2)27-29(19(22)3)21-9-5-4-6-10-21/h4-6,9-12,15H,7-8,13-14,16H2,1-3H3,(H,26,30). The highest BCUT2D eigenvalue weighted by molar-refractivity contribution is 5.98. The first kappa shape index (κ1) is 20.8. The van der Waals surface area contributed by atoms with Crippen molar-refractivity contribution < 1.29 is 9.59 Å². The van der Waals surface area contributed by atoms with E-state index < -0.39 is 0 Å². The highest BCUT2D eigenvalue weighted by Gasteiger charge is 2.21. The van der Waals surface area contributed by atoms with Gasteiger partial charge in [-0.3, -0.25) is 9.59 Å². The molecule has 31 heavy (non-hydrogen) atoms. The smallest absolute Gasteiger partial charge is 0.253 e. The Hall–Kier alpha value is -3.41. The summed E-state index contributed by atoms with van der Waals surface area (Å²) < 4.78 is 1.87. The number of anilines is 1. The van der Waals surface area contributed by atoms with E-state index in [0.29, 0.717) is 11.3 Å². The number of hydrogen-bond acceptors (Lipinski definition) is 3. The molecule has 2 aromatic carbocycles. The number of benzene rings is 2. The normalized spacial score (nSPS) is 13.5. The maximum absolute atomic E-state index is 12.9. The molecule has 4 rings (SSSR count). The van der Waals surface area contributed by atoms with E-state index in [1.165, 1.54) is 0 Å². The number of likely N-dealkylation sites (tertiary alicyclic amines) is 1. The summed E-state index contributed by atoms with van der Waals surface area (Å²) >= 11 is 0. The topological polar surface area (TPSA) is 67.2 Å². The Morgan fingerprint density at radius 1 is 1.00 bits per heavy atom. The molecule has 6 nitrogen and oxygen atoms in total. The number of para-hydroxylation sites is 1. The highest BCUT2D eigenvalue weighted by Crippen LogP contribution is 2.22. The number of nitrogens with zero attached hydrogens (tertiary/aromatic N) is 3. The lowest BCUT2D eigenvalue weighted by Crippen LogP contribution is -2.27. The molecule has 1 N–H and O–H groups in total. The molecule has 0 saturated carbocycles. The van der Waals surface area contributed by atoms with E-state index in [-0.39, 0.29) is 18.2 Å². The van der Waals surface area contributed by atoms with Gasteiger partial charge in [-0.05, 0) is 63.4 Å². The Labute approximate surface area is 182 Å². The summed E-state index contributed by atoms with van der Waals surface area (Å²) in [4.78, 5) is 27.5. The minimum absolute atomic E-state index is 0.0313. The Balaban J connectivity index is 1.51. The van der Waals surface area contributed by atoms with Crippen LogP contribution in [-0.4, -0.2) is 39.6 Å². The molecule has 2 amide bonds. The fraction of sp³-hybridized carbons (Fsp3) is 0.320. The van der Waals surface area contributed by atoms with Crippen LogP contribution in [0.4, 0.5) is 5.69 Å². The van der Waals surface area contributed by atoms with Crippen LogP contribution < -0.4 is 5.32 Å². The summed E-state index contributed by atoms with van der Waals surface area (Å²) in [5, 5.41) is 7.63. The number of hydrogen-bond donors (Lipinski definition) is 1. The van der Waals surface area contributed by atoms with Gasteiger partial charge in [0.1, 0.15) is 0 Å². The Morgan fingerprint density at radius 2 is 1.71 bits per heavy atom. The van der Waals surface area contributed by atoms with E-state index >= 15 is 0 Å². The van der Waals surface area contributed by atoms with Crippen LogP contribution in [0.5, 0.6) is 0 Å². The maximum atomic E-state index is 12.9. The summed E-state index contributed by atoms with van der Waals surface area (Å²) in [6.45, 7) is 7.45. The van der Waals surface area contributed by atoms with Gasteiger partial charge in [0.2, 0.25) is 5.91 Å². The van der Waals surface area contributed by atoms with Crippen molar-refractivity contribution in [3.05, 3.63) is 76.6 Å². The molecule has 1 fully saturated rings. The van der Waals surface area contributed by atoms with Gasteiger partial charge in [-0.25, -0.2) is 4.68 Å². The molecular weight excluding hydrogens is 388 g/mol. The molecule has 0 bridgehead atoms. The molecule has 0 spiro atoms. The number of amides is 2. The third-order valence-corrected chi connectivity index (χ3v) is 5.93. The van der Waals surface area contributed by atoms with Crippen LogP contribution in [0.3, 0.4) is 0 Å². The molecule has 0 atom stereocenters. The van der Waals surface area contributed by atoms with Crippen molar-refractivity contribution in [2.45, 2.75) is 40.0 Å². The van der Waals surface area contributed by atoms with Crippen LogP contribution in [0.15, 0.2) is 48.5 Å². The molecule has 160 valence electrons. The molecule has 1 aromatic heterocycles. The van der Waals surface area contributed by atoms with Crippen molar-refractivity contribution in [2.24, 2.45) is 0 Å². The molecule has 0 unspecified atom stereocenters. The minimum atomic E-state index is -0.118. The lowest BCUT2D eigenvalue weighted by atomic mass is 10.1. The average molecular weight is 417 g/mol. The zero-order valence-electron chi connectivity index (χ0n) is 18.3. The molecular formula is C25H28N4O2. The van der Waals surface area contributed by atoms with Gasteiger partial charge in [0, 0.05) is 35.6 Å². The molecule has 6 heteroatoms. The van der Waals surface area contributed by atoms with Crippen molar-refractivity contribution in [3.63, 3.8) is 0 Å². The van der Waals surface area contributed by atoms with E-state index in [4.69, 9.17) is 0 Å². The van der Waals surface area contributed by atoms with Gasteiger partial charge in [0.15, 0.2) is 0 Å². The predicted molar refractivity (Wildman–Crippen MR) is 122 cm³/mol. The second-order valence-electron chi connectivity index (χ2n) is 8.15. The number of aromatic nitrogens is 2. The fourth-order valence-corrected chi connectivity index (χ4v) is 4.10. The SMILES string of the molecule is Cc1ccc(C(=O)N2CCCC2)cc1NC(=O)Cc1c(C)nn(-c2ccccc2)c1C. The first-order valence-corrected chi connectivity index (χ1v) is 10.7. The second kappa shape index (κ2) is 8.76. The van der Waals surface area contributed by atoms with E-state index in [9.17, 15) is 9.59 Å². The van der Waals surface area contributed by atoms with Crippen LogP contribution in [-0.2, 0) is 11.2 Å². The highest BCUT2D eigenvalue weighted by atomic mass is 16.2. The van der Waals surface area contributed by atoms with Crippen molar-refractivity contribution in [1.29, 1.82) is 0 Å². The van der Waals surface area contributed by atoms with Gasteiger partial charge in [-0.1, -0.05) is 24.3 Å². The van der Waals surface area contributed by atoms with Crippen molar-refractivity contribution >= 4 is 17.5 Å². The van der Waals surface area contributed by atoms with Gasteiger partial charge in [-0.2, -0.15) is 5.10 Å². The maximum Gasteiger partial charge on any atom is 0.253 e. The Morgan fingerprint density at radius 3 is 2.42 bits per heavy atom. The van der Waals surface area contributed by atoms with Gasteiger partial charge in [0.05, 0.1) is 17.8 Å². The molecule has 1 saturated heterocycles. The van der Waals surface area contributed by atoms with Crippen LogP contribution >= 0.6 is 0 Å². The van der Waals surface area contributed by atoms with E-state index in [1.54, 1.807) is 6.07 Å². The number of carbonyl (C=O) groups is 2. The van der Waals surface area contributed by atoms with E-state index in [2.05, 4.69) is 10.4 Å². The fourth-order valence-electron chi connectivity index (χ4n) is 4.10. The van der Waals surface area contributed by atoms with E-state index in [1.807, 2.05) is 72.8 Å². The van der Waals surface area contributed by atoms with Crippen LogP contribution in [0, 0.1) is 20.8 Å². The lowest BCUT2D eigenvalue weighted by molar-refractivity contribution is -0.115. The number of carbonyl (C=O) groups excluding carboxylic acids is 2. The monoisotopic (exact) mass is 416 g/mol. The van der Waals surface area contributed by atoms with Gasteiger partial charge < -0.3 is 10.2 Å². The van der Waals surface area contributed by atoms with Gasteiger partial charge >= 0.3 is 0 Å². The molecule has 2 heterocycles. The van der Waals surface area contributed by atoms with Crippen molar-refractivity contribution in [2.75, 3.05) is 18.4 Å². The summed E-state index contributed by atoms with van der Waals surface area (Å²) in [5.74, 6) is -0.0866. The summed E-state index contributed by atoms with van der Waals surface area (Å²) in [7, 11) is 0. The average Bonchev–Trinajstić information content (AvgIpc) is 3.40. The first-order chi connectivity index (χ1) is 14.9. The summed E-state index contributed by atoms with van der Waals surface area (Å²) in [6.07, 6.45) is 2.33. The quantitative estimate of drug-likeness (QED) is 0.677. The lowest BCUT2D eigenvalue weighted by Gasteiger charge is -2.17. The Bertz CT molecular complexity index is 1110. The van der Waals surface area contributed by atoms with Crippen LogP contribution in [0.2, 0.25) is 0 Å². The molecule has 1 aliphatic rings. The summed E-state index contributed by atoms with van der Waals surface area (Å²) in [5.41, 5.74) is 5.91. The second-order valence-corrected chi connectivity index (χ2v) is 8.15.